The van der Waals surface area contributed by atoms with E-state index in [2.05, 4.69) is 5.32 Å². The summed E-state index contributed by atoms with van der Waals surface area (Å²) in [6.07, 6.45) is 1.65. The van der Waals surface area contributed by atoms with Crippen molar-refractivity contribution >= 4 is 27.3 Å². The Balaban J connectivity index is 1.51. The Morgan fingerprint density at radius 1 is 1.15 bits per heavy atom. The number of amides is 1. The average Bonchev–Trinajstić information content (AvgIpc) is 2.58. The van der Waals surface area contributed by atoms with Gasteiger partial charge in [0.15, 0.2) is 9.84 Å². The number of sulfone groups is 1. The van der Waals surface area contributed by atoms with Gasteiger partial charge in [0.25, 0.3) is 0 Å². The van der Waals surface area contributed by atoms with Crippen LogP contribution < -0.4 is 5.32 Å². The molecule has 1 aliphatic rings. The van der Waals surface area contributed by atoms with E-state index in [-0.39, 0.29) is 22.6 Å². The lowest BCUT2D eigenvalue weighted by Gasteiger charge is -2.36. The maximum absolute atomic E-state index is 13.0. The molecule has 2 aromatic carbocycles. The lowest BCUT2D eigenvalue weighted by atomic mass is 9.76. The quantitative estimate of drug-likeness (QED) is 0.735. The Morgan fingerprint density at radius 2 is 1.74 bits per heavy atom. The first-order chi connectivity index (χ1) is 12.7. The summed E-state index contributed by atoms with van der Waals surface area (Å²) < 4.78 is 37.7. The minimum atomic E-state index is -3.64. The third-order valence-corrected chi connectivity index (χ3v) is 7.10. The summed E-state index contributed by atoms with van der Waals surface area (Å²) in [5.41, 5.74) is 1.19. The molecule has 0 saturated heterocycles. The third-order valence-electron chi connectivity index (χ3n) is 4.92. The summed E-state index contributed by atoms with van der Waals surface area (Å²) in [5, 5.41) is 3.61. The van der Waals surface area contributed by atoms with Crippen LogP contribution in [0.1, 0.15) is 31.2 Å². The SMILES string of the molecule is CC(CS(=O)(=O)c1ccc(F)cc1)C(=O)NC1CC(c2ccc(Cl)cc2)C1. The van der Waals surface area contributed by atoms with Crippen LogP contribution in [-0.4, -0.2) is 26.1 Å². The molecule has 0 aromatic heterocycles. The molecule has 0 heterocycles. The Morgan fingerprint density at radius 3 is 2.33 bits per heavy atom. The monoisotopic (exact) mass is 409 g/mol. The van der Waals surface area contributed by atoms with Crippen LogP contribution in [0.25, 0.3) is 0 Å². The van der Waals surface area contributed by atoms with E-state index >= 15 is 0 Å². The Hall–Kier alpha value is -1.92. The second-order valence-electron chi connectivity index (χ2n) is 7.06. The summed E-state index contributed by atoms with van der Waals surface area (Å²) in [5.74, 6) is -1.39. The number of nitrogens with one attached hydrogen (secondary N) is 1. The van der Waals surface area contributed by atoms with Gasteiger partial charge in [-0.2, -0.15) is 0 Å². The van der Waals surface area contributed by atoms with E-state index in [4.69, 9.17) is 11.6 Å². The van der Waals surface area contributed by atoms with Crippen molar-refractivity contribution in [1.29, 1.82) is 0 Å². The molecule has 1 saturated carbocycles. The van der Waals surface area contributed by atoms with Gasteiger partial charge in [0.1, 0.15) is 5.82 Å². The lowest BCUT2D eigenvalue weighted by molar-refractivity contribution is -0.125. The van der Waals surface area contributed by atoms with Crippen molar-refractivity contribution in [3.05, 3.63) is 64.9 Å². The van der Waals surface area contributed by atoms with E-state index in [1.807, 2.05) is 24.3 Å². The lowest BCUT2D eigenvalue weighted by Crippen LogP contribution is -2.46. The molecule has 0 spiro atoms. The topological polar surface area (TPSA) is 63.2 Å². The zero-order chi connectivity index (χ0) is 19.6. The van der Waals surface area contributed by atoms with Crippen molar-refractivity contribution in [1.82, 2.24) is 5.32 Å². The van der Waals surface area contributed by atoms with Crippen LogP contribution in [0, 0.1) is 11.7 Å². The average molecular weight is 410 g/mol. The first-order valence-electron chi connectivity index (χ1n) is 8.79. The second-order valence-corrected chi connectivity index (χ2v) is 9.53. The normalized spacial score (nSPS) is 20.6. The fourth-order valence-electron chi connectivity index (χ4n) is 3.23. The van der Waals surface area contributed by atoms with Crippen LogP contribution in [0.3, 0.4) is 0 Å². The number of carbonyl (C=O) groups excluding carboxylic acids is 1. The highest BCUT2D eigenvalue weighted by atomic mass is 35.5. The van der Waals surface area contributed by atoms with Gasteiger partial charge in [0.2, 0.25) is 5.91 Å². The van der Waals surface area contributed by atoms with E-state index in [0.29, 0.717) is 10.9 Å². The molecule has 7 heteroatoms. The summed E-state index contributed by atoms with van der Waals surface area (Å²) >= 11 is 5.89. The Bertz CT molecular complexity index is 907. The Labute approximate surface area is 163 Å². The van der Waals surface area contributed by atoms with Gasteiger partial charge in [-0.1, -0.05) is 30.7 Å². The molecule has 1 N–H and O–H groups in total. The van der Waals surface area contributed by atoms with Crippen LogP contribution in [0.2, 0.25) is 5.02 Å². The number of hydrogen-bond acceptors (Lipinski definition) is 3. The smallest absolute Gasteiger partial charge is 0.224 e. The highest BCUT2D eigenvalue weighted by Crippen LogP contribution is 2.37. The molecular weight excluding hydrogens is 389 g/mol. The predicted molar refractivity (Wildman–Crippen MR) is 103 cm³/mol. The predicted octanol–water partition coefficient (Wildman–Crippen LogP) is 3.95. The molecule has 0 radical (unpaired) electrons. The van der Waals surface area contributed by atoms with Crippen molar-refractivity contribution in [2.24, 2.45) is 5.92 Å². The third kappa shape index (κ3) is 4.87. The fourth-order valence-corrected chi connectivity index (χ4v) is 4.91. The number of carbonyl (C=O) groups is 1. The van der Waals surface area contributed by atoms with Gasteiger partial charge in [-0.15, -0.1) is 0 Å². The molecule has 1 unspecified atom stereocenters. The number of rotatable bonds is 6. The summed E-state index contributed by atoms with van der Waals surface area (Å²) in [7, 11) is -3.64. The number of halogens is 2. The van der Waals surface area contributed by atoms with Gasteiger partial charge in [-0.25, -0.2) is 12.8 Å². The molecular formula is C20H21ClFNO3S. The van der Waals surface area contributed by atoms with Gasteiger partial charge in [-0.3, -0.25) is 4.79 Å². The Kier molecular flexibility index (Phi) is 5.86. The maximum atomic E-state index is 13.0. The summed E-state index contributed by atoms with van der Waals surface area (Å²) in [4.78, 5) is 12.4. The first kappa shape index (κ1) is 19.8. The highest BCUT2D eigenvalue weighted by molar-refractivity contribution is 7.91. The number of hydrogen-bond donors (Lipinski definition) is 1. The molecule has 27 heavy (non-hydrogen) atoms. The second kappa shape index (κ2) is 7.98. The van der Waals surface area contributed by atoms with E-state index < -0.39 is 21.6 Å². The van der Waals surface area contributed by atoms with Gasteiger partial charge < -0.3 is 5.32 Å². The standard InChI is InChI=1S/C20H21ClFNO3S/c1-13(12-27(25,26)19-8-6-17(22)7-9-19)20(24)23-18-10-15(11-18)14-2-4-16(21)5-3-14/h2-9,13,15,18H,10-12H2,1H3,(H,23,24). The molecule has 1 fully saturated rings. The molecule has 1 atom stereocenters. The van der Waals surface area contributed by atoms with Crippen molar-refractivity contribution in [2.75, 3.05) is 5.75 Å². The van der Waals surface area contributed by atoms with Crippen molar-refractivity contribution in [3.63, 3.8) is 0 Å². The van der Waals surface area contributed by atoms with Crippen LogP contribution >= 0.6 is 11.6 Å². The van der Waals surface area contributed by atoms with Crippen LogP contribution in [-0.2, 0) is 14.6 Å². The van der Waals surface area contributed by atoms with Gasteiger partial charge in [0, 0.05) is 17.0 Å². The number of benzene rings is 2. The molecule has 0 aliphatic heterocycles. The molecule has 144 valence electrons. The molecule has 3 rings (SSSR count). The largest absolute Gasteiger partial charge is 0.353 e. The first-order valence-corrected chi connectivity index (χ1v) is 10.8. The van der Waals surface area contributed by atoms with Gasteiger partial charge in [0.05, 0.1) is 10.6 Å². The van der Waals surface area contributed by atoms with Crippen molar-refractivity contribution < 1.29 is 17.6 Å². The van der Waals surface area contributed by atoms with Crippen LogP contribution in [0.4, 0.5) is 4.39 Å². The fraction of sp³-hybridized carbons (Fsp3) is 0.350. The molecule has 1 aliphatic carbocycles. The summed E-state index contributed by atoms with van der Waals surface area (Å²) in [6, 6.07) is 12.4. The van der Waals surface area contributed by atoms with Gasteiger partial charge >= 0.3 is 0 Å². The maximum Gasteiger partial charge on any atom is 0.224 e. The molecule has 2 aromatic rings. The van der Waals surface area contributed by atoms with Crippen molar-refractivity contribution in [2.45, 2.75) is 36.6 Å². The van der Waals surface area contributed by atoms with Crippen molar-refractivity contribution in [3.8, 4) is 0 Å². The van der Waals surface area contributed by atoms with E-state index in [1.54, 1.807) is 6.92 Å². The van der Waals surface area contributed by atoms with Crippen LogP contribution in [0.15, 0.2) is 53.4 Å². The van der Waals surface area contributed by atoms with E-state index in [9.17, 15) is 17.6 Å². The molecule has 4 nitrogen and oxygen atoms in total. The van der Waals surface area contributed by atoms with Crippen LogP contribution in [0.5, 0.6) is 0 Å². The minimum absolute atomic E-state index is 0.0231. The molecule has 1 amide bonds. The van der Waals surface area contributed by atoms with E-state index in [0.717, 1.165) is 25.0 Å². The zero-order valence-electron chi connectivity index (χ0n) is 14.9. The molecule has 0 bridgehead atoms. The van der Waals surface area contributed by atoms with E-state index in [1.165, 1.54) is 17.7 Å². The van der Waals surface area contributed by atoms with Gasteiger partial charge in [-0.05, 0) is 60.7 Å². The highest BCUT2D eigenvalue weighted by Gasteiger charge is 2.33. The summed E-state index contributed by atoms with van der Waals surface area (Å²) in [6.45, 7) is 1.59. The zero-order valence-corrected chi connectivity index (χ0v) is 16.4. The minimum Gasteiger partial charge on any atom is -0.353 e.